The second-order valence-corrected chi connectivity index (χ2v) is 4.43. The Morgan fingerprint density at radius 2 is 1.79 bits per heavy atom. The summed E-state index contributed by atoms with van der Waals surface area (Å²) in [4.78, 5) is 45.6. The standard InChI is InChI=1S/C13H8O6/c1-5-6(8-4-9(14)18-12(8)16)2-3-7-10(5)13(17)19-11(7)15/h2-3,8H,4H2,1H3. The van der Waals surface area contributed by atoms with Crippen molar-refractivity contribution >= 4 is 23.9 Å². The van der Waals surface area contributed by atoms with Crippen molar-refractivity contribution in [2.24, 2.45) is 0 Å². The quantitative estimate of drug-likeness (QED) is 0.550. The van der Waals surface area contributed by atoms with E-state index < -0.39 is 29.8 Å². The molecule has 0 aromatic heterocycles. The van der Waals surface area contributed by atoms with Gasteiger partial charge in [-0.3, -0.25) is 9.59 Å². The minimum atomic E-state index is -0.725. The third-order valence-corrected chi connectivity index (χ3v) is 3.36. The molecule has 1 atom stereocenters. The topological polar surface area (TPSA) is 86.7 Å². The van der Waals surface area contributed by atoms with Gasteiger partial charge in [0.2, 0.25) is 0 Å². The molecule has 1 aromatic rings. The average molecular weight is 260 g/mol. The highest BCUT2D eigenvalue weighted by molar-refractivity contribution is 6.15. The summed E-state index contributed by atoms with van der Waals surface area (Å²) in [5.74, 6) is -3.36. The van der Waals surface area contributed by atoms with Crippen molar-refractivity contribution < 1.29 is 28.7 Å². The molecule has 0 N–H and O–H groups in total. The van der Waals surface area contributed by atoms with Crippen molar-refractivity contribution in [3.63, 3.8) is 0 Å². The number of fused-ring (bicyclic) bond motifs is 1. The largest absolute Gasteiger partial charge is 0.393 e. The van der Waals surface area contributed by atoms with E-state index in [1.165, 1.54) is 6.07 Å². The number of hydrogen-bond acceptors (Lipinski definition) is 6. The van der Waals surface area contributed by atoms with E-state index in [2.05, 4.69) is 9.47 Å². The lowest BCUT2D eigenvalue weighted by atomic mass is 9.89. The summed E-state index contributed by atoms with van der Waals surface area (Å²) in [7, 11) is 0. The molecule has 6 heteroatoms. The highest BCUT2D eigenvalue weighted by Crippen LogP contribution is 2.34. The van der Waals surface area contributed by atoms with Crippen molar-refractivity contribution in [2.45, 2.75) is 19.3 Å². The van der Waals surface area contributed by atoms with E-state index in [1.54, 1.807) is 13.0 Å². The van der Waals surface area contributed by atoms with Crippen molar-refractivity contribution in [2.75, 3.05) is 0 Å². The van der Waals surface area contributed by atoms with Crippen LogP contribution in [0.15, 0.2) is 12.1 Å². The van der Waals surface area contributed by atoms with E-state index >= 15 is 0 Å². The molecule has 2 aliphatic rings. The zero-order valence-electron chi connectivity index (χ0n) is 9.89. The molecule has 6 nitrogen and oxygen atoms in total. The number of rotatable bonds is 1. The van der Waals surface area contributed by atoms with Gasteiger partial charge in [0.1, 0.15) is 0 Å². The molecule has 1 unspecified atom stereocenters. The second-order valence-electron chi connectivity index (χ2n) is 4.43. The summed E-state index contributed by atoms with van der Waals surface area (Å²) in [5, 5.41) is 0. The van der Waals surface area contributed by atoms with Gasteiger partial charge in [-0.15, -0.1) is 0 Å². The van der Waals surface area contributed by atoms with Crippen LogP contribution in [0.2, 0.25) is 0 Å². The van der Waals surface area contributed by atoms with Crippen LogP contribution in [0.5, 0.6) is 0 Å². The molecule has 96 valence electrons. The van der Waals surface area contributed by atoms with Gasteiger partial charge in [-0.25, -0.2) is 9.59 Å². The molecule has 19 heavy (non-hydrogen) atoms. The first kappa shape index (κ1) is 11.6. The maximum Gasteiger partial charge on any atom is 0.347 e. The van der Waals surface area contributed by atoms with Gasteiger partial charge < -0.3 is 9.47 Å². The van der Waals surface area contributed by atoms with Gasteiger partial charge in [-0.2, -0.15) is 0 Å². The highest BCUT2D eigenvalue weighted by Gasteiger charge is 2.39. The molecule has 1 saturated heterocycles. The number of ether oxygens (including phenoxy) is 2. The fourth-order valence-corrected chi connectivity index (χ4v) is 2.44. The second kappa shape index (κ2) is 3.74. The summed E-state index contributed by atoms with van der Waals surface area (Å²) < 4.78 is 9.01. The number of cyclic esters (lactones) is 4. The Balaban J connectivity index is 2.13. The summed E-state index contributed by atoms with van der Waals surface area (Å²) >= 11 is 0. The number of esters is 4. The predicted octanol–water partition coefficient (Wildman–Crippen LogP) is 0.863. The molecule has 2 aliphatic heterocycles. The van der Waals surface area contributed by atoms with Crippen molar-refractivity contribution in [3.8, 4) is 0 Å². The number of carbonyl (C=O) groups excluding carboxylic acids is 4. The van der Waals surface area contributed by atoms with E-state index in [4.69, 9.17) is 0 Å². The summed E-state index contributed by atoms with van der Waals surface area (Å²) in [6, 6.07) is 2.99. The van der Waals surface area contributed by atoms with E-state index in [9.17, 15) is 19.2 Å². The van der Waals surface area contributed by atoms with Crippen molar-refractivity contribution in [1.29, 1.82) is 0 Å². The highest BCUT2D eigenvalue weighted by atomic mass is 16.6. The maximum absolute atomic E-state index is 11.6. The summed E-state index contributed by atoms with van der Waals surface area (Å²) in [6.45, 7) is 1.62. The van der Waals surface area contributed by atoms with Gasteiger partial charge in [-0.05, 0) is 24.1 Å². The smallest absolute Gasteiger partial charge is 0.347 e. The van der Waals surface area contributed by atoms with Crippen LogP contribution in [0.3, 0.4) is 0 Å². The lowest BCUT2D eigenvalue weighted by Gasteiger charge is -2.10. The van der Waals surface area contributed by atoms with Gasteiger partial charge in [0.05, 0.1) is 23.5 Å². The normalized spacial score (nSPS) is 21.4. The maximum atomic E-state index is 11.6. The fraction of sp³-hybridized carbons (Fsp3) is 0.231. The number of carbonyl (C=O) groups is 4. The third kappa shape index (κ3) is 1.56. The number of hydrogen-bond donors (Lipinski definition) is 0. The molecule has 3 rings (SSSR count). The predicted molar refractivity (Wildman–Crippen MR) is 59.4 cm³/mol. The van der Waals surface area contributed by atoms with E-state index in [-0.39, 0.29) is 17.5 Å². The lowest BCUT2D eigenvalue weighted by Crippen LogP contribution is -2.10. The van der Waals surface area contributed by atoms with Crippen LogP contribution < -0.4 is 0 Å². The zero-order chi connectivity index (χ0) is 13.7. The Bertz CT molecular complexity index is 657. The molecule has 0 spiro atoms. The molecule has 0 saturated carbocycles. The first-order valence-corrected chi connectivity index (χ1v) is 5.63. The van der Waals surface area contributed by atoms with Gasteiger partial charge in [0, 0.05) is 0 Å². The Morgan fingerprint density at radius 1 is 1.05 bits per heavy atom. The zero-order valence-corrected chi connectivity index (χ0v) is 9.89. The molecule has 2 heterocycles. The molecular weight excluding hydrogens is 252 g/mol. The Hall–Kier alpha value is -2.50. The van der Waals surface area contributed by atoms with Crippen molar-refractivity contribution in [1.82, 2.24) is 0 Å². The molecule has 1 fully saturated rings. The Labute approximate surface area is 107 Å². The average Bonchev–Trinajstić information content (AvgIpc) is 2.81. The van der Waals surface area contributed by atoms with Crippen LogP contribution in [-0.4, -0.2) is 23.9 Å². The first-order valence-electron chi connectivity index (χ1n) is 5.63. The Morgan fingerprint density at radius 3 is 2.42 bits per heavy atom. The van der Waals surface area contributed by atoms with Gasteiger partial charge in [-0.1, -0.05) is 6.07 Å². The minimum absolute atomic E-state index is 0.0541. The molecular formula is C13H8O6. The van der Waals surface area contributed by atoms with Crippen LogP contribution in [0, 0.1) is 6.92 Å². The van der Waals surface area contributed by atoms with E-state index in [0.717, 1.165) is 0 Å². The third-order valence-electron chi connectivity index (χ3n) is 3.36. The van der Waals surface area contributed by atoms with Crippen LogP contribution >= 0.6 is 0 Å². The number of benzene rings is 1. The monoisotopic (exact) mass is 260 g/mol. The van der Waals surface area contributed by atoms with E-state index in [0.29, 0.717) is 11.1 Å². The summed E-state index contributed by atoms with van der Waals surface area (Å²) in [5.41, 5.74) is 1.34. The first-order chi connectivity index (χ1) is 8.99. The van der Waals surface area contributed by atoms with Crippen molar-refractivity contribution in [3.05, 3.63) is 34.4 Å². The van der Waals surface area contributed by atoms with Crippen LogP contribution in [-0.2, 0) is 19.1 Å². The fourth-order valence-electron chi connectivity index (χ4n) is 2.44. The molecule has 0 amide bonds. The van der Waals surface area contributed by atoms with E-state index in [1.807, 2.05) is 0 Å². The lowest BCUT2D eigenvalue weighted by molar-refractivity contribution is -0.152. The molecule has 0 bridgehead atoms. The Kier molecular flexibility index (Phi) is 2.28. The summed E-state index contributed by atoms with van der Waals surface area (Å²) in [6.07, 6.45) is -0.0541. The minimum Gasteiger partial charge on any atom is -0.393 e. The van der Waals surface area contributed by atoms with Gasteiger partial charge >= 0.3 is 23.9 Å². The molecule has 0 radical (unpaired) electrons. The van der Waals surface area contributed by atoms with Crippen LogP contribution in [0.1, 0.15) is 44.2 Å². The van der Waals surface area contributed by atoms with Gasteiger partial charge in [0.25, 0.3) is 0 Å². The molecule has 1 aromatic carbocycles. The van der Waals surface area contributed by atoms with Crippen LogP contribution in [0.4, 0.5) is 0 Å². The SMILES string of the molecule is Cc1c(C2CC(=O)OC2=O)ccc2c1C(=O)OC2=O. The van der Waals surface area contributed by atoms with Gasteiger partial charge in [0.15, 0.2) is 0 Å². The van der Waals surface area contributed by atoms with Crippen LogP contribution in [0.25, 0.3) is 0 Å². The molecule has 0 aliphatic carbocycles.